The number of piperazine rings is 1. The summed E-state index contributed by atoms with van der Waals surface area (Å²) in [7, 11) is -0.772. The number of hydrogen-bond donors (Lipinski definition) is 0. The molecule has 0 bridgehead atoms. The Hall–Kier alpha value is -2.32. The molecule has 2 aromatic rings. The Labute approximate surface area is 160 Å². The van der Waals surface area contributed by atoms with Gasteiger partial charge in [0.2, 0.25) is 10.0 Å². The number of rotatable bonds is 4. The molecule has 1 unspecified atom stereocenters. The van der Waals surface area contributed by atoms with E-state index in [1.54, 1.807) is 7.05 Å². The second-order valence-corrected chi connectivity index (χ2v) is 8.85. The molecular formula is C19H25N3O4S. The van der Waals surface area contributed by atoms with Crippen molar-refractivity contribution in [3.8, 4) is 0 Å². The molecule has 1 atom stereocenters. The van der Waals surface area contributed by atoms with E-state index in [0.29, 0.717) is 19.6 Å². The van der Waals surface area contributed by atoms with Crippen molar-refractivity contribution in [3.05, 3.63) is 47.8 Å². The molecule has 0 saturated carbocycles. The second-order valence-electron chi connectivity index (χ2n) is 6.91. The lowest BCUT2D eigenvalue weighted by molar-refractivity contribution is 0.0590. The average molecular weight is 391 g/mol. The lowest BCUT2D eigenvalue weighted by atomic mass is 10.1. The van der Waals surface area contributed by atoms with E-state index in [4.69, 9.17) is 4.74 Å². The van der Waals surface area contributed by atoms with E-state index in [0.717, 1.165) is 5.69 Å². The highest BCUT2D eigenvalue weighted by atomic mass is 32.2. The van der Waals surface area contributed by atoms with Gasteiger partial charge >= 0.3 is 5.97 Å². The largest absolute Gasteiger partial charge is 0.464 e. The summed E-state index contributed by atoms with van der Waals surface area (Å²) in [5, 5.41) is 0. The Morgan fingerprint density at radius 3 is 2.59 bits per heavy atom. The summed E-state index contributed by atoms with van der Waals surface area (Å²) in [4.78, 5) is 14.1. The maximum Gasteiger partial charge on any atom is 0.354 e. The van der Waals surface area contributed by atoms with Crippen LogP contribution in [0.4, 0.5) is 5.69 Å². The van der Waals surface area contributed by atoms with Crippen LogP contribution in [0.2, 0.25) is 0 Å². The zero-order valence-corrected chi connectivity index (χ0v) is 16.9. The highest BCUT2D eigenvalue weighted by Gasteiger charge is 2.33. The normalized spacial score (nSPS) is 18.5. The number of sulfonamides is 1. The average Bonchev–Trinajstić information content (AvgIpc) is 3.03. The van der Waals surface area contributed by atoms with E-state index < -0.39 is 16.0 Å². The van der Waals surface area contributed by atoms with Crippen molar-refractivity contribution in [2.45, 2.75) is 24.8 Å². The summed E-state index contributed by atoms with van der Waals surface area (Å²) < 4.78 is 33.8. The fourth-order valence-electron chi connectivity index (χ4n) is 3.46. The topological polar surface area (TPSA) is 71.8 Å². The fraction of sp³-hybridized carbons (Fsp3) is 0.421. The monoisotopic (exact) mass is 391 g/mol. The quantitative estimate of drug-likeness (QED) is 0.746. The zero-order chi connectivity index (χ0) is 19.8. The van der Waals surface area contributed by atoms with Crippen LogP contribution in [0.1, 0.15) is 23.0 Å². The molecule has 1 aliphatic heterocycles. The van der Waals surface area contributed by atoms with E-state index in [1.807, 2.05) is 32.0 Å². The number of carbonyl (C=O) groups excluding carboxylic acids is 1. The van der Waals surface area contributed by atoms with Gasteiger partial charge in [0.1, 0.15) is 10.6 Å². The van der Waals surface area contributed by atoms with Gasteiger partial charge in [-0.05, 0) is 37.6 Å². The van der Waals surface area contributed by atoms with Crippen molar-refractivity contribution in [1.29, 1.82) is 0 Å². The number of methoxy groups -OCH3 is 1. The SMILES string of the molecule is COC(=O)c1cc(S(=O)(=O)N2CCN(c3cccc(C)c3)C(C)C2)cn1C. The van der Waals surface area contributed by atoms with Gasteiger partial charge < -0.3 is 14.2 Å². The van der Waals surface area contributed by atoms with Crippen LogP contribution in [0.25, 0.3) is 0 Å². The standard InChI is InChI=1S/C19H25N3O4S/c1-14-6-5-7-16(10-14)22-9-8-21(12-15(22)2)27(24,25)17-11-18(19(23)26-4)20(3)13-17/h5-7,10-11,13,15H,8-9,12H2,1-4H3. The summed E-state index contributed by atoms with van der Waals surface area (Å²) >= 11 is 0. The third-order valence-electron chi connectivity index (χ3n) is 4.94. The number of aryl methyl sites for hydroxylation is 2. The molecule has 1 aromatic carbocycles. The maximum atomic E-state index is 13.0. The van der Waals surface area contributed by atoms with E-state index in [2.05, 4.69) is 11.0 Å². The van der Waals surface area contributed by atoms with Gasteiger partial charge in [0.15, 0.2) is 0 Å². The lowest BCUT2D eigenvalue weighted by Crippen LogP contribution is -2.53. The number of esters is 1. The number of ether oxygens (including phenoxy) is 1. The molecule has 1 aromatic heterocycles. The van der Waals surface area contributed by atoms with Crippen LogP contribution in [-0.4, -0.2) is 56.0 Å². The predicted molar refractivity (Wildman–Crippen MR) is 103 cm³/mol. The van der Waals surface area contributed by atoms with Crippen molar-refractivity contribution in [1.82, 2.24) is 8.87 Å². The van der Waals surface area contributed by atoms with Gasteiger partial charge in [-0.25, -0.2) is 13.2 Å². The van der Waals surface area contributed by atoms with Crippen LogP contribution in [0.5, 0.6) is 0 Å². The lowest BCUT2D eigenvalue weighted by Gasteiger charge is -2.40. The first kappa shape index (κ1) is 19.4. The Balaban J connectivity index is 1.81. The van der Waals surface area contributed by atoms with Crippen LogP contribution in [0, 0.1) is 6.92 Å². The Bertz CT molecular complexity index is 952. The van der Waals surface area contributed by atoms with Gasteiger partial charge in [-0.2, -0.15) is 4.31 Å². The number of carbonyl (C=O) groups is 1. The summed E-state index contributed by atoms with van der Waals surface area (Å²) in [6.45, 7) is 5.46. The molecule has 8 heteroatoms. The number of aromatic nitrogens is 1. The molecule has 0 radical (unpaired) electrons. The van der Waals surface area contributed by atoms with Crippen LogP contribution < -0.4 is 4.90 Å². The first-order valence-corrected chi connectivity index (χ1v) is 10.3. The van der Waals surface area contributed by atoms with Crippen molar-refractivity contribution in [2.24, 2.45) is 7.05 Å². The third kappa shape index (κ3) is 3.72. The van der Waals surface area contributed by atoms with Crippen molar-refractivity contribution >= 4 is 21.7 Å². The maximum absolute atomic E-state index is 13.0. The molecule has 0 amide bonds. The van der Waals surface area contributed by atoms with Gasteiger partial charge in [-0.15, -0.1) is 0 Å². The molecule has 1 saturated heterocycles. The molecule has 146 valence electrons. The highest BCUT2D eigenvalue weighted by Crippen LogP contribution is 2.26. The Kier molecular flexibility index (Phi) is 5.30. The zero-order valence-electron chi connectivity index (χ0n) is 16.0. The molecule has 1 aliphatic rings. The molecule has 7 nitrogen and oxygen atoms in total. The second kappa shape index (κ2) is 7.36. The van der Waals surface area contributed by atoms with E-state index >= 15 is 0 Å². The minimum absolute atomic E-state index is 0.0408. The fourth-order valence-corrected chi connectivity index (χ4v) is 5.05. The van der Waals surface area contributed by atoms with Gasteiger partial charge in [0, 0.05) is 44.6 Å². The molecule has 0 spiro atoms. The van der Waals surface area contributed by atoms with Crippen molar-refractivity contribution < 1.29 is 17.9 Å². The summed E-state index contributed by atoms with van der Waals surface area (Å²) in [6, 6.07) is 9.63. The molecule has 0 N–H and O–H groups in total. The molecular weight excluding hydrogens is 366 g/mol. The number of anilines is 1. The minimum atomic E-state index is -3.67. The molecule has 0 aliphatic carbocycles. The summed E-state index contributed by atoms with van der Waals surface area (Å²) in [5.74, 6) is -0.559. The highest BCUT2D eigenvalue weighted by molar-refractivity contribution is 7.89. The molecule has 3 rings (SSSR count). The minimum Gasteiger partial charge on any atom is -0.464 e. The summed E-state index contributed by atoms with van der Waals surface area (Å²) in [5.41, 5.74) is 2.49. The Morgan fingerprint density at radius 2 is 1.96 bits per heavy atom. The number of nitrogens with zero attached hydrogens (tertiary/aromatic N) is 3. The first-order valence-electron chi connectivity index (χ1n) is 8.82. The van der Waals surface area contributed by atoms with E-state index in [9.17, 15) is 13.2 Å². The Morgan fingerprint density at radius 1 is 1.22 bits per heavy atom. The molecule has 2 heterocycles. The number of hydrogen-bond acceptors (Lipinski definition) is 5. The van der Waals surface area contributed by atoms with Gasteiger partial charge in [-0.1, -0.05) is 12.1 Å². The van der Waals surface area contributed by atoms with Crippen molar-refractivity contribution in [2.75, 3.05) is 31.6 Å². The van der Waals surface area contributed by atoms with Crippen LogP contribution >= 0.6 is 0 Å². The third-order valence-corrected chi connectivity index (χ3v) is 6.77. The van der Waals surface area contributed by atoms with Gasteiger partial charge in [-0.3, -0.25) is 0 Å². The van der Waals surface area contributed by atoms with Crippen LogP contribution in [-0.2, 0) is 21.8 Å². The van der Waals surface area contributed by atoms with Crippen LogP contribution in [0.15, 0.2) is 41.4 Å². The number of benzene rings is 1. The van der Waals surface area contributed by atoms with E-state index in [1.165, 1.54) is 33.8 Å². The molecule has 1 fully saturated rings. The molecule has 27 heavy (non-hydrogen) atoms. The van der Waals surface area contributed by atoms with Crippen LogP contribution in [0.3, 0.4) is 0 Å². The predicted octanol–water partition coefficient (Wildman–Crippen LogP) is 2.02. The van der Waals surface area contributed by atoms with Gasteiger partial charge in [0.05, 0.1) is 7.11 Å². The van der Waals surface area contributed by atoms with Gasteiger partial charge in [0.25, 0.3) is 0 Å². The summed E-state index contributed by atoms with van der Waals surface area (Å²) in [6.07, 6.45) is 1.46. The van der Waals surface area contributed by atoms with Crippen molar-refractivity contribution in [3.63, 3.8) is 0 Å². The first-order chi connectivity index (χ1) is 12.7. The van der Waals surface area contributed by atoms with E-state index in [-0.39, 0.29) is 16.6 Å². The smallest absolute Gasteiger partial charge is 0.354 e.